The fraction of sp³-hybridized carbons (Fsp3) is 0.417. The van der Waals surface area contributed by atoms with Gasteiger partial charge < -0.3 is 0 Å². The van der Waals surface area contributed by atoms with Crippen LogP contribution in [0.25, 0.3) is 0 Å². The number of rotatable bonds is 1. The van der Waals surface area contributed by atoms with Crippen molar-refractivity contribution in [1.29, 1.82) is 0 Å². The van der Waals surface area contributed by atoms with Crippen LogP contribution in [-0.4, -0.2) is 13.9 Å². The Balaban J connectivity index is 2.55. The Kier molecular flexibility index (Phi) is 1.93. The minimum absolute atomic E-state index is 0.0247. The summed E-state index contributed by atoms with van der Waals surface area (Å²) in [5.74, 6) is 0.401. The molecule has 0 aromatic rings. The summed E-state index contributed by atoms with van der Waals surface area (Å²) >= 11 is 0. The lowest BCUT2D eigenvalue weighted by Crippen LogP contribution is -2.42. The molecule has 0 spiro atoms. The van der Waals surface area contributed by atoms with Gasteiger partial charge in [0, 0.05) is 0 Å². The van der Waals surface area contributed by atoms with Gasteiger partial charge >= 0.3 is 0 Å². The highest BCUT2D eigenvalue weighted by Crippen LogP contribution is 2.49. The second kappa shape index (κ2) is 2.80. The summed E-state index contributed by atoms with van der Waals surface area (Å²) in [5.41, 5.74) is 0. The van der Waals surface area contributed by atoms with Crippen molar-refractivity contribution in [3.8, 4) is 0 Å². The van der Waals surface area contributed by atoms with E-state index >= 15 is 0 Å². The molecule has 2 bridgehead atoms. The molecule has 1 nitrogen and oxygen atoms in total. The zero-order valence-corrected chi connectivity index (χ0v) is 9.95. The van der Waals surface area contributed by atoms with Crippen molar-refractivity contribution in [2.45, 2.75) is 24.7 Å². The molecule has 0 aromatic carbocycles. The van der Waals surface area contributed by atoms with Crippen molar-refractivity contribution >= 4 is 13.9 Å². The molecule has 2 rings (SSSR count). The molecule has 0 aromatic heterocycles. The maximum atomic E-state index is 12.2. The number of fused-ring (bicyclic) bond motifs is 2. The predicted octanol–water partition coefficient (Wildman–Crippen LogP) is 2.95. The third-order valence-electron chi connectivity index (χ3n) is 3.31. The molecule has 0 fully saturated rings. The van der Waals surface area contributed by atoms with Gasteiger partial charge in [0.05, 0.1) is 19.0 Å². The van der Waals surface area contributed by atoms with Gasteiger partial charge in [0.15, 0.2) is 5.78 Å². The molecular weight excluding hydrogens is 188 g/mol. The number of carbonyl (C=O) groups excluding carboxylic acids is 1. The van der Waals surface area contributed by atoms with Crippen molar-refractivity contribution in [3.63, 3.8) is 0 Å². The summed E-state index contributed by atoms with van der Waals surface area (Å²) < 4.78 is 0. The molecule has 2 heteroatoms. The van der Waals surface area contributed by atoms with Crippen molar-refractivity contribution in [3.05, 3.63) is 36.5 Å². The highest BCUT2D eigenvalue weighted by atomic mass is 28.3. The summed E-state index contributed by atoms with van der Waals surface area (Å²) in [4.78, 5) is 12.2. The van der Waals surface area contributed by atoms with Gasteiger partial charge in [-0.05, 0) is 0 Å². The van der Waals surface area contributed by atoms with E-state index in [1.54, 1.807) is 0 Å². The molecule has 2 aliphatic rings. The molecule has 0 radical (unpaired) electrons. The normalized spacial score (nSPS) is 35.1. The van der Waals surface area contributed by atoms with Crippen LogP contribution in [0, 0.1) is 5.92 Å². The summed E-state index contributed by atoms with van der Waals surface area (Å²) in [6.45, 7) is 6.77. The van der Waals surface area contributed by atoms with E-state index in [1.807, 2.05) is 18.2 Å². The Labute approximate surface area is 86.2 Å². The number of hydrogen-bond acceptors (Lipinski definition) is 1. The van der Waals surface area contributed by atoms with Gasteiger partial charge in [-0.15, -0.1) is 0 Å². The van der Waals surface area contributed by atoms with Crippen LogP contribution in [0.1, 0.15) is 0 Å². The lowest BCUT2D eigenvalue weighted by molar-refractivity contribution is -0.120. The zero-order valence-electron chi connectivity index (χ0n) is 8.95. The molecule has 74 valence electrons. The average molecular weight is 204 g/mol. The molecule has 0 saturated carbocycles. The number of carbonyl (C=O) groups is 1. The van der Waals surface area contributed by atoms with Crippen molar-refractivity contribution in [2.24, 2.45) is 5.92 Å². The van der Waals surface area contributed by atoms with E-state index in [2.05, 4.69) is 37.9 Å². The highest BCUT2D eigenvalue weighted by Gasteiger charge is 2.50. The first-order chi connectivity index (χ1) is 6.47. The Morgan fingerprint density at radius 3 is 2.50 bits per heavy atom. The van der Waals surface area contributed by atoms with Gasteiger partial charge in [-0.25, -0.2) is 0 Å². The largest absolute Gasteiger partial charge is 0.298 e. The fourth-order valence-electron chi connectivity index (χ4n) is 2.25. The smallest absolute Gasteiger partial charge is 0.154 e. The first kappa shape index (κ1) is 9.65. The Bertz CT molecular complexity index is 357. The third kappa shape index (κ3) is 1.10. The van der Waals surface area contributed by atoms with E-state index in [0.717, 1.165) is 0 Å². The van der Waals surface area contributed by atoms with E-state index < -0.39 is 8.07 Å². The predicted molar refractivity (Wildman–Crippen MR) is 62.0 cm³/mol. The minimum atomic E-state index is -1.52. The van der Waals surface area contributed by atoms with E-state index in [9.17, 15) is 4.79 Å². The fourth-order valence-corrected chi connectivity index (χ4v) is 4.35. The quantitative estimate of drug-likeness (QED) is 0.474. The standard InChI is InChI=1S/C12H16OSi/c1-14(2,3)12-8-5-4-6-10(7-9-12)11(12)13/h4-10H,1-3H3. The monoisotopic (exact) mass is 204 g/mol. The van der Waals surface area contributed by atoms with Gasteiger partial charge in [0.25, 0.3) is 0 Å². The first-order valence-corrected chi connectivity index (χ1v) is 8.57. The number of hydrogen-bond donors (Lipinski definition) is 0. The molecule has 0 aliphatic heterocycles. The molecule has 0 heterocycles. The van der Waals surface area contributed by atoms with Crippen LogP contribution < -0.4 is 0 Å². The molecule has 14 heavy (non-hydrogen) atoms. The molecule has 0 saturated heterocycles. The van der Waals surface area contributed by atoms with Gasteiger partial charge in [0.2, 0.25) is 0 Å². The molecule has 0 amide bonds. The molecular formula is C12H16OSi. The van der Waals surface area contributed by atoms with E-state index in [0.29, 0.717) is 5.78 Å². The highest BCUT2D eigenvalue weighted by molar-refractivity contribution is 6.84. The minimum Gasteiger partial charge on any atom is -0.298 e. The maximum Gasteiger partial charge on any atom is 0.154 e. The van der Waals surface area contributed by atoms with Crippen LogP contribution >= 0.6 is 0 Å². The Morgan fingerprint density at radius 2 is 1.86 bits per heavy atom. The van der Waals surface area contributed by atoms with Crippen LogP contribution in [0.2, 0.25) is 24.7 Å². The maximum absolute atomic E-state index is 12.2. The lowest BCUT2D eigenvalue weighted by Gasteiger charge is -2.35. The molecule has 2 unspecified atom stereocenters. The van der Waals surface area contributed by atoms with Crippen molar-refractivity contribution in [1.82, 2.24) is 0 Å². The zero-order chi connectivity index (χ0) is 10.4. The van der Waals surface area contributed by atoms with Gasteiger partial charge in [-0.1, -0.05) is 56.1 Å². The summed E-state index contributed by atoms with van der Waals surface area (Å²) in [7, 11) is -1.52. The van der Waals surface area contributed by atoms with Gasteiger partial charge in [-0.3, -0.25) is 4.79 Å². The van der Waals surface area contributed by atoms with E-state index in [4.69, 9.17) is 0 Å². The Hall–Kier alpha value is -0.893. The SMILES string of the molecule is C[Si](C)(C)C12C=CC=CC(C=C1)C2=O. The first-order valence-electron chi connectivity index (χ1n) is 5.07. The topological polar surface area (TPSA) is 17.1 Å². The lowest BCUT2D eigenvalue weighted by atomic mass is 10.0. The third-order valence-corrected chi connectivity index (χ3v) is 6.37. The van der Waals surface area contributed by atoms with Crippen LogP contribution in [0.4, 0.5) is 0 Å². The van der Waals surface area contributed by atoms with Gasteiger partial charge in [0.1, 0.15) is 0 Å². The second-order valence-corrected chi connectivity index (χ2v) is 10.4. The summed E-state index contributed by atoms with van der Waals surface area (Å²) in [5, 5.41) is -0.249. The average Bonchev–Trinajstić information content (AvgIpc) is 2.21. The van der Waals surface area contributed by atoms with E-state index in [-0.39, 0.29) is 11.0 Å². The van der Waals surface area contributed by atoms with Crippen molar-refractivity contribution in [2.75, 3.05) is 0 Å². The van der Waals surface area contributed by atoms with Crippen molar-refractivity contribution < 1.29 is 4.79 Å². The second-order valence-electron chi connectivity index (χ2n) is 5.11. The number of ketones is 1. The molecule has 0 N–H and O–H groups in total. The number of Topliss-reactive ketones (excluding diaryl/α,β-unsaturated/α-hetero) is 1. The Morgan fingerprint density at radius 1 is 1.14 bits per heavy atom. The van der Waals surface area contributed by atoms with Gasteiger partial charge in [-0.2, -0.15) is 0 Å². The van der Waals surface area contributed by atoms with Crippen LogP contribution in [-0.2, 0) is 4.79 Å². The van der Waals surface area contributed by atoms with E-state index in [1.165, 1.54) is 0 Å². The summed E-state index contributed by atoms with van der Waals surface area (Å²) in [6.07, 6.45) is 12.3. The summed E-state index contributed by atoms with van der Waals surface area (Å²) in [6, 6.07) is 0. The number of allylic oxidation sites excluding steroid dienone is 6. The molecule has 2 atom stereocenters. The van der Waals surface area contributed by atoms with Crippen LogP contribution in [0.15, 0.2) is 36.5 Å². The van der Waals surface area contributed by atoms with Crippen LogP contribution in [0.5, 0.6) is 0 Å². The molecule has 2 aliphatic carbocycles. The van der Waals surface area contributed by atoms with Crippen LogP contribution in [0.3, 0.4) is 0 Å².